The van der Waals surface area contributed by atoms with E-state index in [0.29, 0.717) is 25.4 Å². The van der Waals surface area contributed by atoms with Gasteiger partial charge >= 0.3 is 0 Å². The summed E-state index contributed by atoms with van der Waals surface area (Å²) in [5.74, 6) is -0.154. The van der Waals surface area contributed by atoms with E-state index < -0.39 is 0 Å². The molecular weight excluding hydrogens is 364 g/mol. The minimum atomic E-state index is -0.154. The fourth-order valence-electron chi connectivity index (χ4n) is 2.82. The predicted molar refractivity (Wildman–Crippen MR) is 113 cm³/mol. The molecular formula is C23H26N4O2. The van der Waals surface area contributed by atoms with Gasteiger partial charge in [-0.2, -0.15) is 0 Å². The highest BCUT2D eigenvalue weighted by atomic mass is 16.5. The minimum absolute atomic E-state index is 0.0466. The van der Waals surface area contributed by atoms with Crippen LogP contribution in [0.4, 0.5) is 0 Å². The molecule has 6 heteroatoms. The number of nitrogens with zero attached hydrogens (tertiary/aromatic N) is 3. The Morgan fingerprint density at radius 1 is 1.14 bits per heavy atom. The average molecular weight is 390 g/mol. The first-order valence-electron chi connectivity index (χ1n) is 9.77. The smallest absolute Gasteiger partial charge is 0.244 e. The fraction of sp³-hybridized carbons (Fsp3) is 0.261. The van der Waals surface area contributed by atoms with Crippen molar-refractivity contribution in [1.82, 2.24) is 20.3 Å². The summed E-state index contributed by atoms with van der Waals surface area (Å²) in [6.45, 7) is 3.83. The number of amides is 1. The maximum absolute atomic E-state index is 11.9. The molecule has 0 saturated carbocycles. The van der Waals surface area contributed by atoms with E-state index in [1.807, 2.05) is 73.8 Å². The van der Waals surface area contributed by atoms with Crippen LogP contribution < -0.4 is 5.32 Å². The first kappa shape index (κ1) is 20.5. The summed E-state index contributed by atoms with van der Waals surface area (Å²) < 4.78 is 7.55. The van der Waals surface area contributed by atoms with Crippen LogP contribution in [0.2, 0.25) is 0 Å². The number of carbonyl (C=O) groups is 1. The first-order chi connectivity index (χ1) is 14.2. The normalized spacial score (nSPS) is 12.2. The molecule has 0 spiro atoms. The van der Waals surface area contributed by atoms with Crippen LogP contribution in [0.25, 0.3) is 6.08 Å². The highest BCUT2D eigenvalue weighted by molar-refractivity contribution is 5.91. The van der Waals surface area contributed by atoms with Crippen LogP contribution in [0.5, 0.6) is 0 Å². The van der Waals surface area contributed by atoms with Crippen molar-refractivity contribution in [2.24, 2.45) is 0 Å². The molecule has 0 fully saturated rings. The van der Waals surface area contributed by atoms with Crippen molar-refractivity contribution in [3.63, 3.8) is 0 Å². The van der Waals surface area contributed by atoms with Crippen LogP contribution in [-0.4, -0.2) is 34.1 Å². The van der Waals surface area contributed by atoms with Crippen LogP contribution in [0.1, 0.15) is 36.3 Å². The molecule has 0 aliphatic carbocycles. The van der Waals surface area contributed by atoms with Crippen LogP contribution >= 0.6 is 0 Å². The van der Waals surface area contributed by atoms with E-state index in [1.54, 1.807) is 10.8 Å². The minimum Gasteiger partial charge on any atom is -0.374 e. The van der Waals surface area contributed by atoms with Crippen molar-refractivity contribution in [2.45, 2.75) is 26.0 Å². The third-order valence-corrected chi connectivity index (χ3v) is 4.41. The van der Waals surface area contributed by atoms with Crippen LogP contribution in [0.3, 0.4) is 0 Å². The topological polar surface area (TPSA) is 69.0 Å². The number of ether oxygens (including phenoxy) is 1. The second kappa shape index (κ2) is 10.9. The highest BCUT2D eigenvalue weighted by Crippen LogP contribution is 2.15. The van der Waals surface area contributed by atoms with E-state index in [1.165, 1.54) is 6.08 Å². The summed E-state index contributed by atoms with van der Waals surface area (Å²) in [5, 5.41) is 11.0. The van der Waals surface area contributed by atoms with Crippen molar-refractivity contribution >= 4 is 12.0 Å². The van der Waals surface area contributed by atoms with Crippen LogP contribution in [0, 0.1) is 0 Å². The van der Waals surface area contributed by atoms with Gasteiger partial charge in [0.25, 0.3) is 0 Å². The zero-order chi connectivity index (χ0) is 20.3. The lowest BCUT2D eigenvalue weighted by atomic mass is 10.1. The van der Waals surface area contributed by atoms with Gasteiger partial charge in [0.1, 0.15) is 5.69 Å². The van der Waals surface area contributed by atoms with Crippen molar-refractivity contribution in [1.29, 1.82) is 0 Å². The van der Waals surface area contributed by atoms with E-state index in [2.05, 4.69) is 15.6 Å². The zero-order valence-corrected chi connectivity index (χ0v) is 16.6. The lowest BCUT2D eigenvalue weighted by Gasteiger charge is -2.13. The van der Waals surface area contributed by atoms with Gasteiger partial charge in [-0.15, -0.1) is 5.10 Å². The van der Waals surface area contributed by atoms with E-state index >= 15 is 0 Å². The molecule has 1 N–H and O–H groups in total. The van der Waals surface area contributed by atoms with Gasteiger partial charge in [-0.1, -0.05) is 65.9 Å². The molecule has 1 heterocycles. The van der Waals surface area contributed by atoms with Gasteiger partial charge in [-0.05, 0) is 30.5 Å². The number of hydrogen-bond acceptors (Lipinski definition) is 4. The molecule has 1 amide bonds. The van der Waals surface area contributed by atoms with Gasteiger partial charge < -0.3 is 10.1 Å². The molecule has 0 bridgehead atoms. The Bertz CT molecular complexity index is 907. The van der Waals surface area contributed by atoms with Gasteiger partial charge in [0.2, 0.25) is 5.91 Å². The Morgan fingerprint density at radius 3 is 2.62 bits per heavy atom. The molecule has 1 aromatic heterocycles. The number of nitrogens with one attached hydrogen (secondary N) is 1. The van der Waals surface area contributed by atoms with E-state index in [-0.39, 0.29) is 12.0 Å². The van der Waals surface area contributed by atoms with Gasteiger partial charge in [0.15, 0.2) is 0 Å². The number of rotatable bonds is 10. The van der Waals surface area contributed by atoms with Gasteiger partial charge in [0.05, 0.1) is 18.8 Å². The maximum Gasteiger partial charge on any atom is 0.244 e. The molecule has 150 valence electrons. The molecule has 3 aromatic rings. The molecule has 0 aliphatic rings. The van der Waals surface area contributed by atoms with Crippen molar-refractivity contribution in [3.05, 3.63) is 89.8 Å². The summed E-state index contributed by atoms with van der Waals surface area (Å²) in [5.41, 5.74) is 2.95. The fourth-order valence-corrected chi connectivity index (χ4v) is 2.82. The first-order valence-corrected chi connectivity index (χ1v) is 9.77. The monoisotopic (exact) mass is 390 g/mol. The number of aromatic nitrogens is 3. The standard InChI is InChI=1S/C23H26N4O2/c1-19(21-11-6-3-7-12-21)29-16-8-15-24-23(28)14-13-22-18-27(26-25-22)17-20-9-4-2-5-10-20/h2-7,9-14,18-19H,8,15-17H2,1H3,(H,24,28)/b14-13+. The van der Waals surface area contributed by atoms with Crippen molar-refractivity contribution in [3.8, 4) is 0 Å². The Labute approximate surface area is 171 Å². The Kier molecular flexibility index (Phi) is 7.72. The largest absolute Gasteiger partial charge is 0.374 e. The molecule has 0 saturated heterocycles. The van der Waals surface area contributed by atoms with E-state index in [0.717, 1.165) is 17.5 Å². The van der Waals surface area contributed by atoms with Gasteiger partial charge in [-0.3, -0.25) is 4.79 Å². The second-order valence-electron chi connectivity index (χ2n) is 6.73. The van der Waals surface area contributed by atoms with Crippen molar-refractivity contribution < 1.29 is 9.53 Å². The quantitative estimate of drug-likeness (QED) is 0.424. The average Bonchev–Trinajstić information content (AvgIpc) is 3.20. The molecule has 2 aromatic carbocycles. The number of benzene rings is 2. The third kappa shape index (κ3) is 7.01. The molecule has 1 atom stereocenters. The summed E-state index contributed by atoms with van der Waals surface area (Å²) in [7, 11) is 0. The molecule has 6 nitrogen and oxygen atoms in total. The Balaban J connectivity index is 1.34. The lowest BCUT2D eigenvalue weighted by Crippen LogP contribution is -2.23. The highest BCUT2D eigenvalue weighted by Gasteiger charge is 2.04. The number of hydrogen-bond donors (Lipinski definition) is 1. The SMILES string of the molecule is CC(OCCCNC(=O)/C=C/c1cn(Cc2ccccc2)nn1)c1ccccc1. The van der Waals surface area contributed by atoms with Crippen molar-refractivity contribution in [2.75, 3.05) is 13.2 Å². The van der Waals surface area contributed by atoms with Gasteiger partial charge in [-0.25, -0.2) is 4.68 Å². The van der Waals surface area contributed by atoms with Crippen LogP contribution in [-0.2, 0) is 16.1 Å². The summed E-state index contributed by atoms with van der Waals surface area (Å²) in [4.78, 5) is 11.9. The molecule has 1 unspecified atom stereocenters. The second-order valence-corrected chi connectivity index (χ2v) is 6.73. The summed E-state index contributed by atoms with van der Waals surface area (Å²) in [6, 6.07) is 20.1. The maximum atomic E-state index is 11.9. The molecule has 29 heavy (non-hydrogen) atoms. The summed E-state index contributed by atoms with van der Waals surface area (Å²) in [6.07, 6.45) is 5.76. The predicted octanol–water partition coefficient (Wildman–Crippen LogP) is 3.62. The lowest BCUT2D eigenvalue weighted by molar-refractivity contribution is -0.116. The molecule has 0 aliphatic heterocycles. The zero-order valence-electron chi connectivity index (χ0n) is 16.6. The number of carbonyl (C=O) groups excluding carboxylic acids is 1. The Morgan fingerprint density at radius 2 is 1.86 bits per heavy atom. The van der Waals surface area contributed by atoms with E-state index in [9.17, 15) is 4.79 Å². The van der Waals surface area contributed by atoms with Gasteiger partial charge in [0, 0.05) is 19.2 Å². The van der Waals surface area contributed by atoms with Crippen LogP contribution in [0.15, 0.2) is 72.9 Å². The molecule has 3 rings (SSSR count). The Hall–Kier alpha value is -3.25. The summed E-state index contributed by atoms with van der Waals surface area (Å²) >= 11 is 0. The third-order valence-electron chi connectivity index (χ3n) is 4.41. The molecule has 0 radical (unpaired) electrons. The van der Waals surface area contributed by atoms with E-state index in [4.69, 9.17) is 4.74 Å².